The van der Waals surface area contributed by atoms with E-state index in [-0.39, 0.29) is 12.8 Å². The Labute approximate surface area is 110 Å². The molecule has 6 nitrogen and oxygen atoms in total. The minimum atomic E-state index is -0.888. The number of benzene rings is 1. The van der Waals surface area contributed by atoms with Crippen molar-refractivity contribution in [2.75, 3.05) is 18.5 Å². The van der Waals surface area contributed by atoms with Crippen LogP contribution in [-0.4, -0.2) is 45.8 Å². The first-order valence-corrected chi connectivity index (χ1v) is 6.10. The Morgan fingerprint density at radius 3 is 3.05 bits per heavy atom. The van der Waals surface area contributed by atoms with Gasteiger partial charge < -0.3 is 20.1 Å². The van der Waals surface area contributed by atoms with Gasteiger partial charge in [0.1, 0.15) is 0 Å². The fourth-order valence-electron chi connectivity index (χ4n) is 1.96. The summed E-state index contributed by atoms with van der Waals surface area (Å²) >= 11 is 0. The van der Waals surface area contributed by atoms with E-state index in [1.54, 1.807) is 6.33 Å². The number of hydrogen-bond donors (Lipinski definition) is 3. The molecule has 0 bridgehead atoms. The first-order chi connectivity index (χ1) is 9.06. The zero-order chi connectivity index (χ0) is 13.8. The number of carboxylic acid groups (broad SMARTS) is 1. The number of hydrogen-bond acceptors (Lipinski definition) is 4. The van der Waals surface area contributed by atoms with Crippen LogP contribution in [0.1, 0.15) is 12.8 Å². The molecule has 0 saturated carbocycles. The third-order valence-electron chi connectivity index (χ3n) is 3.02. The van der Waals surface area contributed by atoms with E-state index in [2.05, 4.69) is 9.97 Å². The van der Waals surface area contributed by atoms with Crippen LogP contribution >= 0.6 is 0 Å². The van der Waals surface area contributed by atoms with Crippen LogP contribution in [0.4, 0.5) is 5.69 Å². The summed E-state index contributed by atoms with van der Waals surface area (Å²) in [5.41, 5.74) is 2.78. The molecular formula is C13H17N3O3. The topological polar surface area (TPSA) is 89.4 Å². The monoisotopic (exact) mass is 263 g/mol. The molecule has 0 radical (unpaired) electrons. The van der Waals surface area contributed by atoms with Gasteiger partial charge in [0.05, 0.1) is 23.5 Å². The number of fused-ring (bicyclic) bond motifs is 1. The smallest absolute Gasteiger partial charge is 0.303 e. The zero-order valence-electron chi connectivity index (χ0n) is 10.7. The average molecular weight is 263 g/mol. The molecule has 2 rings (SSSR count). The molecule has 1 atom stereocenters. The summed E-state index contributed by atoms with van der Waals surface area (Å²) in [7, 11) is 1.86. The SMILES string of the molecule is CN(CC(O)CCC(=O)O)c1ccc2nc[nH]c2c1. The van der Waals surface area contributed by atoms with Crippen molar-refractivity contribution < 1.29 is 15.0 Å². The van der Waals surface area contributed by atoms with Crippen LogP contribution in [0.3, 0.4) is 0 Å². The number of aromatic amines is 1. The normalized spacial score (nSPS) is 12.5. The molecule has 102 valence electrons. The lowest BCUT2D eigenvalue weighted by Gasteiger charge is -2.22. The van der Waals surface area contributed by atoms with Crippen LogP contribution in [0.2, 0.25) is 0 Å². The summed E-state index contributed by atoms with van der Waals surface area (Å²) in [6, 6.07) is 5.78. The summed E-state index contributed by atoms with van der Waals surface area (Å²) in [5, 5.41) is 18.4. The fourth-order valence-corrected chi connectivity index (χ4v) is 1.96. The first-order valence-electron chi connectivity index (χ1n) is 6.10. The summed E-state index contributed by atoms with van der Waals surface area (Å²) < 4.78 is 0. The predicted molar refractivity (Wildman–Crippen MR) is 72.2 cm³/mol. The Balaban J connectivity index is 1.98. The highest BCUT2D eigenvalue weighted by Crippen LogP contribution is 2.19. The molecule has 0 aliphatic rings. The molecule has 0 saturated heterocycles. The summed E-state index contributed by atoms with van der Waals surface area (Å²) in [6.45, 7) is 0.396. The van der Waals surface area contributed by atoms with E-state index in [4.69, 9.17) is 5.11 Å². The molecule has 6 heteroatoms. The highest BCUT2D eigenvalue weighted by molar-refractivity contribution is 5.78. The first kappa shape index (κ1) is 13.4. The van der Waals surface area contributed by atoms with Crippen molar-refractivity contribution in [3.8, 4) is 0 Å². The van der Waals surface area contributed by atoms with E-state index >= 15 is 0 Å². The minimum Gasteiger partial charge on any atom is -0.481 e. The molecule has 19 heavy (non-hydrogen) atoms. The minimum absolute atomic E-state index is 0.0193. The number of nitrogens with one attached hydrogen (secondary N) is 1. The van der Waals surface area contributed by atoms with Crippen LogP contribution in [0.15, 0.2) is 24.5 Å². The Hall–Kier alpha value is -2.08. The molecule has 1 aromatic carbocycles. The maximum atomic E-state index is 10.4. The van der Waals surface area contributed by atoms with Gasteiger partial charge in [-0.1, -0.05) is 0 Å². The van der Waals surface area contributed by atoms with Gasteiger partial charge in [-0.05, 0) is 24.6 Å². The molecule has 0 aliphatic carbocycles. The predicted octanol–water partition coefficient (Wildman–Crippen LogP) is 1.22. The lowest BCUT2D eigenvalue weighted by Crippen LogP contribution is -2.29. The van der Waals surface area contributed by atoms with Crippen LogP contribution in [-0.2, 0) is 4.79 Å². The molecule has 0 aliphatic heterocycles. The van der Waals surface area contributed by atoms with E-state index in [0.29, 0.717) is 6.54 Å². The second-order valence-electron chi connectivity index (χ2n) is 4.57. The molecule has 2 aromatic rings. The van der Waals surface area contributed by atoms with Crippen LogP contribution < -0.4 is 4.90 Å². The third kappa shape index (κ3) is 3.45. The number of nitrogens with zero attached hydrogens (tertiary/aromatic N) is 2. The number of rotatable bonds is 6. The Kier molecular flexibility index (Phi) is 4.01. The van der Waals surface area contributed by atoms with Crippen molar-refractivity contribution in [2.45, 2.75) is 18.9 Å². The second kappa shape index (κ2) is 5.71. The van der Waals surface area contributed by atoms with Crippen molar-refractivity contribution in [3.05, 3.63) is 24.5 Å². The van der Waals surface area contributed by atoms with Crippen LogP contribution in [0.25, 0.3) is 11.0 Å². The molecule has 1 heterocycles. The number of carbonyl (C=O) groups is 1. The summed E-state index contributed by atoms with van der Waals surface area (Å²) in [4.78, 5) is 19.5. The molecule has 0 amide bonds. The molecule has 0 spiro atoms. The Morgan fingerprint density at radius 2 is 2.32 bits per heavy atom. The van der Waals surface area contributed by atoms with E-state index in [0.717, 1.165) is 16.7 Å². The Morgan fingerprint density at radius 1 is 1.53 bits per heavy atom. The van der Waals surface area contributed by atoms with E-state index < -0.39 is 12.1 Å². The number of carboxylic acids is 1. The number of imidazole rings is 1. The van der Waals surface area contributed by atoms with Gasteiger partial charge >= 0.3 is 5.97 Å². The highest BCUT2D eigenvalue weighted by atomic mass is 16.4. The average Bonchev–Trinajstić information content (AvgIpc) is 2.83. The number of aliphatic hydroxyl groups is 1. The van der Waals surface area contributed by atoms with Gasteiger partial charge in [-0.25, -0.2) is 4.98 Å². The lowest BCUT2D eigenvalue weighted by atomic mass is 10.2. The van der Waals surface area contributed by atoms with Gasteiger partial charge in [-0.3, -0.25) is 4.79 Å². The van der Waals surface area contributed by atoms with Gasteiger partial charge in [0.25, 0.3) is 0 Å². The molecular weight excluding hydrogens is 246 g/mol. The quantitative estimate of drug-likeness (QED) is 0.729. The van der Waals surface area contributed by atoms with Gasteiger partial charge in [-0.2, -0.15) is 0 Å². The van der Waals surface area contributed by atoms with Crippen molar-refractivity contribution in [3.63, 3.8) is 0 Å². The highest BCUT2D eigenvalue weighted by Gasteiger charge is 2.11. The van der Waals surface area contributed by atoms with Gasteiger partial charge in [0, 0.05) is 25.7 Å². The molecule has 3 N–H and O–H groups in total. The van der Waals surface area contributed by atoms with Crippen molar-refractivity contribution >= 4 is 22.7 Å². The number of aromatic nitrogens is 2. The van der Waals surface area contributed by atoms with E-state index in [9.17, 15) is 9.90 Å². The molecule has 1 aromatic heterocycles. The number of likely N-dealkylation sites (N-methyl/N-ethyl adjacent to an activating group) is 1. The summed E-state index contributed by atoms with van der Waals surface area (Å²) in [6.07, 6.45) is 1.22. The number of anilines is 1. The van der Waals surface area contributed by atoms with Crippen molar-refractivity contribution in [1.29, 1.82) is 0 Å². The fraction of sp³-hybridized carbons (Fsp3) is 0.385. The number of H-pyrrole nitrogens is 1. The van der Waals surface area contributed by atoms with E-state index in [1.165, 1.54) is 0 Å². The van der Waals surface area contributed by atoms with Crippen molar-refractivity contribution in [2.24, 2.45) is 0 Å². The number of aliphatic hydroxyl groups excluding tert-OH is 1. The molecule has 0 fully saturated rings. The van der Waals surface area contributed by atoms with Gasteiger partial charge in [0.2, 0.25) is 0 Å². The standard InChI is InChI=1S/C13H17N3O3/c1-16(7-10(17)3-5-13(18)19)9-2-4-11-12(6-9)15-8-14-11/h2,4,6,8,10,17H,3,5,7H2,1H3,(H,14,15)(H,18,19). The maximum Gasteiger partial charge on any atom is 0.303 e. The van der Waals surface area contributed by atoms with Gasteiger partial charge in [-0.15, -0.1) is 0 Å². The zero-order valence-corrected chi connectivity index (χ0v) is 10.7. The van der Waals surface area contributed by atoms with Crippen LogP contribution in [0.5, 0.6) is 0 Å². The number of aliphatic carboxylic acids is 1. The largest absolute Gasteiger partial charge is 0.481 e. The lowest BCUT2D eigenvalue weighted by molar-refractivity contribution is -0.137. The molecule has 1 unspecified atom stereocenters. The summed E-state index contributed by atoms with van der Waals surface area (Å²) in [5.74, 6) is -0.888. The Bertz CT molecular complexity index is 567. The maximum absolute atomic E-state index is 10.4. The van der Waals surface area contributed by atoms with Crippen LogP contribution in [0, 0.1) is 0 Å². The third-order valence-corrected chi connectivity index (χ3v) is 3.02. The van der Waals surface area contributed by atoms with Crippen molar-refractivity contribution in [1.82, 2.24) is 9.97 Å². The van der Waals surface area contributed by atoms with E-state index in [1.807, 2.05) is 30.1 Å². The van der Waals surface area contributed by atoms with Gasteiger partial charge in [0.15, 0.2) is 0 Å². The second-order valence-corrected chi connectivity index (χ2v) is 4.57.